The van der Waals surface area contributed by atoms with Crippen LogP contribution in [0.25, 0.3) is 0 Å². The van der Waals surface area contributed by atoms with Crippen LogP contribution in [0.2, 0.25) is 0 Å². The highest BCUT2D eigenvalue weighted by Gasteiger charge is 2.25. The van der Waals surface area contributed by atoms with Gasteiger partial charge in [-0.3, -0.25) is 9.69 Å². The van der Waals surface area contributed by atoms with Crippen LogP contribution in [0.5, 0.6) is 0 Å². The molecule has 0 bridgehead atoms. The minimum Gasteiger partial charge on any atom is -0.480 e. The zero-order valence-electron chi connectivity index (χ0n) is 12.7. The third-order valence-corrected chi connectivity index (χ3v) is 4.55. The number of nitrogens with zero attached hydrogens (tertiary/aromatic N) is 2. The van der Waals surface area contributed by atoms with Crippen LogP contribution < -0.4 is 0 Å². The number of hydrogen-bond acceptors (Lipinski definition) is 3. The van der Waals surface area contributed by atoms with Crippen molar-refractivity contribution in [3.05, 3.63) is 33.8 Å². The lowest BCUT2D eigenvalue weighted by atomic mass is 9.87. The van der Waals surface area contributed by atoms with Crippen molar-refractivity contribution in [1.82, 2.24) is 9.80 Å². The van der Waals surface area contributed by atoms with E-state index in [1.165, 1.54) is 11.1 Å². The Bertz CT molecular complexity index is 505. The fourth-order valence-electron chi connectivity index (χ4n) is 2.91. The van der Waals surface area contributed by atoms with Crippen molar-refractivity contribution in [2.75, 3.05) is 33.7 Å². The first-order valence-corrected chi connectivity index (χ1v) is 8.13. The highest BCUT2D eigenvalue weighted by Crippen LogP contribution is 2.27. The summed E-state index contributed by atoms with van der Waals surface area (Å²) in [5.41, 5.74) is 2.75. The number of rotatable bonds is 6. The van der Waals surface area contributed by atoms with E-state index in [1.54, 1.807) is 0 Å². The fraction of sp³-hybridized carbons (Fsp3) is 0.562. The summed E-state index contributed by atoms with van der Waals surface area (Å²) in [6.07, 6.45) is 3.00. The number of carbonyl (C=O) groups is 1. The maximum atomic E-state index is 11.1. The van der Waals surface area contributed by atoms with Crippen molar-refractivity contribution in [2.24, 2.45) is 0 Å². The molecule has 1 unspecified atom stereocenters. The molecule has 0 spiro atoms. The summed E-state index contributed by atoms with van der Waals surface area (Å²) in [7, 11) is 4.04. The van der Waals surface area contributed by atoms with Gasteiger partial charge < -0.3 is 10.0 Å². The van der Waals surface area contributed by atoms with Gasteiger partial charge in [0.1, 0.15) is 0 Å². The average Bonchev–Trinajstić information content (AvgIpc) is 2.42. The topological polar surface area (TPSA) is 43.8 Å². The smallest absolute Gasteiger partial charge is 0.317 e. The molecule has 1 aliphatic carbocycles. The van der Waals surface area contributed by atoms with Crippen molar-refractivity contribution >= 4 is 21.9 Å². The van der Waals surface area contributed by atoms with Crippen LogP contribution in [0.4, 0.5) is 0 Å². The van der Waals surface area contributed by atoms with Gasteiger partial charge in [0.05, 0.1) is 6.54 Å². The minimum absolute atomic E-state index is 0.129. The molecule has 1 atom stereocenters. The number of aryl methyl sites for hydroxylation is 1. The van der Waals surface area contributed by atoms with Gasteiger partial charge in [-0.05, 0) is 56.6 Å². The van der Waals surface area contributed by atoms with Crippen molar-refractivity contribution in [1.29, 1.82) is 0 Å². The zero-order valence-corrected chi connectivity index (χ0v) is 14.3. The van der Waals surface area contributed by atoms with Crippen LogP contribution in [0.15, 0.2) is 22.7 Å². The van der Waals surface area contributed by atoms with E-state index in [-0.39, 0.29) is 6.54 Å². The number of likely N-dealkylation sites (N-methyl/N-ethyl adjacent to an activating group) is 1. The highest BCUT2D eigenvalue weighted by molar-refractivity contribution is 9.10. The summed E-state index contributed by atoms with van der Waals surface area (Å²) < 4.78 is 1.12. The van der Waals surface area contributed by atoms with Gasteiger partial charge in [-0.2, -0.15) is 0 Å². The Morgan fingerprint density at radius 1 is 1.33 bits per heavy atom. The Labute approximate surface area is 134 Å². The normalized spacial score (nSPS) is 18.0. The summed E-state index contributed by atoms with van der Waals surface area (Å²) in [6, 6.07) is 6.75. The Morgan fingerprint density at radius 3 is 2.76 bits per heavy atom. The zero-order chi connectivity index (χ0) is 15.4. The molecular weight excluding hydrogens is 332 g/mol. The average molecular weight is 355 g/mol. The maximum absolute atomic E-state index is 11.1. The van der Waals surface area contributed by atoms with E-state index >= 15 is 0 Å². The van der Waals surface area contributed by atoms with Gasteiger partial charge >= 0.3 is 5.97 Å². The van der Waals surface area contributed by atoms with Gasteiger partial charge in [-0.25, -0.2) is 0 Å². The molecule has 0 saturated heterocycles. The molecule has 5 heteroatoms. The second kappa shape index (κ2) is 7.38. The molecule has 4 nitrogen and oxygen atoms in total. The molecule has 2 rings (SSSR count). The van der Waals surface area contributed by atoms with Crippen LogP contribution in [-0.4, -0.2) is 60.6 Å². The number of fused-ring (bicyclic) bond motifs is 1. The van der Waals surface area contributed by atoms with Crippen molar-refractivity contribution in [3.8, 4) is 0 Å². The largest absolute Gasteiger partial charge is 0.480 e. The second-order valence-corrected chi connectivity index (χ2v) is 6.89. The minimum atomic E-state index is -0.740. The number of halogens is 1. The summed E-state index contributed by atoms with van der Waals surface area (Å²) in [5, 5.41) is 9.15. The number of hydrogen-bond donors (Lipinski definition) is 1. The van der Waals surface area contributed by atoms with Crippen LogP contribution in [0.3, 0.4) is 0 Å². The van der Waals surface area contributed by atoms with Crippen LogP contribution >= 0.6 is 15.9 Å². The summed E-state index contributed by atoms with van der Waals surface area (Å²) in [5.74, 6) is -0.740. The Balaban J connectivity index is 2.07. The van der Waals surface area contributed by atoms with Gasteiger partial charge in [0.2, 0.25) is 0 Å². The monoisotopic (exact) mass is 354 g/mol. The predicted molar refractivity (Wildman–Crippen MR) is 87.7 cm³/mol. The van der Waals surface area contributed by atoms with Crippen molar-refractivity contribution in [3.63, 3.8) is 0 Å². The molecule has 1 aromatic carbocycles. The van der Waals surface area contributed by atoms with Gasteiger partial charge in [-0.15, -0.1) is 0 Å². The lowest BCUT2D eigenvalue weighted by Crippen LogP contribution is -2.45. The van der Waals surface area contributed by atoms with Crippen LogP contribution in [-0.2, 0) is 17.6 Å². The van der Waals surface area contributed by atoms with Gasteiger partial charge in [-0.1, -0.05) is 22.0 Å². The SMILES string of the molecule is CN(C)CCN(CC(=O)O)C1CCc2cc(Br)ccc2C1. The Kier molecular flexibility index (Phi) is 5.79. The molecule has 0 aliphatic heterocycles. The molecule has 1 aromatic rings. The molecule has 0 radical (unpaired) electrons. The number of benzene rings is 1. The number of aliphatic carboxylic acids is 1. The maximum Gasteiger partial charge on any atom is 0.317 e. The molecule has 0 fully saturated rings. The third kappa shape index (κ3) is 4.80. The molecule has 21 heavy (non-hydrogen) atoms. The fourth-order valence-corrected chi connectivity index (χ4v) is 3.32. The third-order valence-electron chi connectivity index (χ3n) is 4.06. The Morgan fingerprint density at radius 2 is 2.10 bits per heavy atom. The first-order chi connectivity index (χ1) is 9.95. The van der Waals surface area contributed by atoms with Crippen molar-refractivity contribution < 1.29 is 9.90 Å². The van der Waals surface area contributed by atoms with E-state index < -0.39 is 5.97 Å². The van der Waals surface area contributed by atoms with Gasteiger partial charge in [0.25, 0.3) is 0 Å². The van der Waals surface area contributed by atoms with Gasteiger partial charge in [0.15, 0.2) is 0 Å². The van der Waals surface area contributed by atoms with E-state index in [0.29, 0.717) is 6.04 Å². The van der Waals surface area contributed by atoms with E-state index in [0.717, 1.165) is 36.8 Å². The van der Waals surface area contributed by atoms with Crippen molar-refractivity contribution in [2.45, 2.75) is 25.3 Å². The second-order valence-electron chi connectivity index (χ2n) is 5.98. The molecule has 0 amide bonds. The van der Waals surface area contributed by atoms with Crippen LogP contribution in [0.1, 0.15) is 17.5 Å². The lowest BCUT2D eigenvalue weighted by Gasteiger charge is -2.35. The highest BCUT2D eigenvalue weighted by atomic mass is 79.9. The lowest BCUT2D eigenvalue weighted by molar-refractivity contribution is -0.139. The first-order valence-electron chi connectivity index (χ1n) is 7.33. The van der Waals surface area contributed by atoms with Gasteiger partial charge in [0, 0.05) is 23.6 Å². The quantitative estimate of drug-likeness (QED) is 0.850. The van der Waals surface area contributed by atoms with E-state index in [4.69, 9.17) is 5.11 Å². The Hall–Kier alpha value is -0.910. The molecular formula is C16H23BrN2O2. The summed E-state index contributed by atoms with van der Waals surface area (Å²) in [6.45, 7) is 1.82. The molecule has 0 heterocycles. The standard InChI is InChI=1S/C16H23BrN2O2/c1-18(2)7-8-19(11-16(20)21)15-6-4-12-9-14(17)5-3-13(12)10-15/h3,5,9,15H,4,6-8,10-11H2,1-2H3,(H,20,21). The van der Waals surface area contributed by atoms with E-state index in [9.17, 15) is 4.79 Å². The van der Waals surface area contributed by atoms with E-state index in [1.807, 2.05) is 14.1 Å². The molecule has 1 aliphatic rings. The number of carboxylic acids is 1. The molecule has 116 valence electrons. The molecule has 1 N–H and O–H groups in total. The van der Waals surface area contributed by atoms with E-state index in [2.05, 4.69) is 43.9 Å². The molecule has 0 saturated carbocycles. The van der Waals surface area contributed by atoms with Crippen LogP contribution in [0, 0.1) is 0 Å². The number of carboxylic acid groups (broad SMARTS) is 1. The predicted octanol–water partition coefficient (Wildman–Crippen LogP) is 2.25. The first kappa shape index (κ1) is 16.5. The summed E-state index contributed by atoms with van der Waals surface area (Å²) in [4.78, 5) is 15.3. The molecule has 0 aromatic heterocycles. The summed E-state index contributed by atoms with van der Waals surface area (Å²) >= 11 is 3.51.